The number of hydrogen-bond acceptors (Lipinski definition) is 4. The lowest BCUT2D eigenvalue weighted by Gasteiger charge is -2.40. The van der Waals surface area contributed by atoms with Crippen molar-refractivity contribution in [3.8, 4) is 16.9 Å². The Morgan fingerprint density at radius 2 is 1.65 bits per heavy atom. The highest BCUT2D eigenvalue weighted by atomic mass is 35.5. The molecule has 1 saturated heterocycles. The summed E-state index contributed by atoms with van der Waals surface area (Å²) < 4.78 is 37.8. The number of hydrogen-bond donors (Lipinski definition) is 2. The van der Waals surface area contributed by atoms with E-state index in [-0.39, 0.29) is 11.3 Å². The summed E-state index contributed by atoms with van der Waals surface area (Å²) in [5.74, 6) is -2.02. The minimum atomic E-state index is -5.08. The first kappa shape index (κ1) is 29.4. The van der Waals surface area contributed by atoms with E-state index in [1.165, 1.54) is 5.56 Å². The van der Waals surface area contributed by atoms with Gasteiger partial charge in [-0.1, -0.05) is 48.0 Å². The maximum Gasteiger partial charge on any atom is 0.490 e. The van der Waals surface area contributed by atoms with Gasteiger partial charge in [-0.25, -0.2) is 4.79 Å². The first-order chi connectivity index (χ1) is 18.9. The lowest BCUT2D eigenvalue weighted by molar-refractivity contribution is -0.192. The molecule has 1 spiro atoms. The number of carboxylic acids is 1. The predicted octanol–water partition coefficient (Wildman–Crippen LogP) is 7.03. The van der Waals surface area contributed by atoms with Crippen molar-refractivity contribution >= 4 is 29.2 Å². The van der Waals surface area contributed by atoms with Crippen LogP contribution in [0.3, 0.4) is 0 Å². The number of carbonyl (C=O) groups excluding carboxylic acids is 1. The SMILES string of the molecule is CC(C)N1CCC2(CC1)COc1ccc(NC(=O)c3ccc(-c4ccccc4)cc3Cl)cc12.O=C(O)C(F)(F)F. The number of nitrogens with zero attached hydrogens (tertiary/aromatic N) is 1. The summed E-state index contributed by atoms with van der Waals surface area (Å²) in [5.41, 5.74) is 4.55. The Morgan fingerprint density at radius 3 is 2.23 bits per heavy atom. The normalized spacial score (nSPS) is 16.1. The van der Waals surface area contributed by atoms with Crippen LogP contribution in [-0.2, 0) is 10.2 Å². The van der Waals surface area contributed by atoms with Crippen molar-refractivity contribution in [2.24, 2.45) is 0 Å². The number of nitrogens with one attached hydrogen (secondary N) is 1. The Kier molecular flexibility index (Phi) is 8.75. The molecule has 3 aromatic rings. The minimum Gasteiger partial charge on any atom is -0.492 e. The number of piperidine rings is 1. The molecule has 0 aliphatic carbocycles. The van der Waals surface area contributed by atoms with Gasteiger partial charge >= 0.3 is 12.1 Å². The molecule has 1 amide bonds. The maximum atomic E-state index is 13.0. The summed E-state index contributed by atoms with van der Waals surface area (Å²) in [6.45, 7) is 7.36. The number of halogens is 4. The highest BCUT2D eigenvalue weighted by molar-refractivity contribution is 6.34. The molecule has 2 N–H and O–H groups in total. The number of likely N-dealkylation sites (tertiary alicyclic amines) is 1. The standard InChI is InChI=1S/C28H29ClN2O2.C2HF3O2/c1-19(2)31-14-12-28(13-15-31)18-33-26-11-9-22(17-24(26)28)30-27(32)23-10-8-21(16-25(23)29)20-6-4-3-5-7-20;3-2(4,5)1(6)7/h3-11,16-17,19H,12-15,18H2,1-2H3,(H,30,32);(H,6,7). The Hall–Kier alpha value is -3.56. The Morgan fingerprint density at radius 1 is 1.00 bits per heavy atom. The average Bonchev–Trinajstić information content (AvgIpc) is 3.26. The van der Waals surface area contributed by atoms with Crippen molar-refractivity contribution in [1.82, 2.24) is 4.90 Å². The second-order valence-corrected chi connectivity index (χ2v) is 10.6. The zero-order valence-electron chi connectivity index (χ0n) is 22.1. The van der Waals surface area contributed by atoms with Gasteiger partial charge in [0.25, 0.3) is 5.91 Å². The molecule has 40 heavy (non-hydrogen) atoms. The van der Waals surface area contributed by atoms with Crippen LogP contribution in [0.15, 0.2) is 66.7 Å². The lowest BCUT2D eigenvalue weighted by atomic mass is 9.74. The molecule has 5 rings (SSSR count). The number of carbonyl (C=O) groups is 2. The highest BCUT2D eigenvalue weighted by Crippen LogP contribution is 2.46. The summed E-state index contributed by atoms with van der Waals surface area (Å²) in [5, 5.41) is 10.6. The van der Waals surface area contributed by atoms with Crippen LogP contribution in [0.5, 0.6) is 5.75 Å². The van der Waals surface area contributed by atoms with Crippen molar-refractivity contribution in [1.29, 1.82) is 0 Å². The average molecular weight is 575 g/mol. The van der Waals surface area contributed by atoms with Crippen LogP contribution in [-0.4, -0.2) is 53.8 Å². The van der Waals surface area contributed by atoms with Crippen LogP contribution < -0.4 is 10.1 Å². The first-order valence-corrected chi connectivity index (χ1v) is 13.3. The van der Waals surface area contributed by atoms with Gasteiger partial charge in [0.15, 0.2) is 0 Å². The number of benzene rings is 3. The van der Waals surface area contributed by atoms with E-state index >= 15 is 0 Å². The molecule has 1 fully saturated rings. The van der Waals surface area contributed by atoms with Crippen LogP contribution in [0.1, 0.15) is 42.6 Å². The Balaban J connectivity index is 0.000000470. The molecule has 6 nitrogen and oxygen atoms in total. The summed E-state index contributed by atoms with van der Waals surface area (Å²) >= 11 is 6.50. The van der Waals surface area contributed by atoms with Crippen LogP contribution in [0.2, 0.25) is 5.02 Å². The smallest absolute Gasteiger partial charge is 0.490 e. The van der Waals surface area contributed by atoms with E-state index in [0.717, 1.165) is 55.1 Å². The third kappa shape index (κ3) is 6.59. The molecule has 2 aliphatic rings. The number of fused-ring (bicyclic) bond motifs is 2. The van der Waals surface area contributed by atoms with Gasteiger partial charge in [0.2, 0.25) is 0 Å². The monoisotopic (exact) mass is 574 g/mol. The molecule has 0 bridgehead atoms. The molecule has 2 heterocycles. The van der Waals surface area contributed by atoms with E-state index in [1.54, 1.807) is 6.07 Å². The second-order valence-electron chi connectivity index (χ2n) is 10.2. The molecule has 10 heteroatoms. The number of amides is 1. The molecule has 0 unspecified atom stereocenters. The van der Waals surface area contributed by atoms with E-state index in [0.29, 0.717) is 16.6 Å². The largest absolute Gasteiger partial charge is 0.492 e. The van der Waals surface area contributed by atoms with Crippen LogP contribution >= 0.6 is 11.6 Å². The first-order valence-electron chi connectivity index (χ1n) is 12.9. The number of aliphatic carboxylic acids is 1. The zero-order chi connectivity index (χ0) is 29.1. The van der Waals surface area contributed by atoms with Gasteiger partial charge in [-0.2, -0.15) is 13.2 Å². The second kappa shape index (κ2) is 11.9. The zero-order valence-corrected chi connectivity index (χ0v) is 22.9. The molecule has 0 saturated carbocycles. The third-order valence-electron chi connectivity index (χ3n) is 7.36. The fourth-order valence-electron chi connectivity index (χ4n) is 5.03. The van der Waals surface area contributed by atoms with Crippen molar-refractivity contribution in [3.05, 3.63) is 82.9 Å². The highest BCUT2D eigenvalue weighted by Gasteiger charge is 2.43. The van der Waals surface area contributed by atoms with Crippen molar-refractivity contribution in [2.45, 2.75) is 44.3 Å². The van der Waals surface area contributed by atoms with Gasteiger partial charge < -0.3 is 20.1 Å². The number of anilines is 1. The van der Waals surface area contributed by atoms with E-state index in [9.17, 15) is 18.0 Å². The van der Waals surface area contributed by atoms with Gasteiger partial charge in [-0.15, -0.1) is 0 Å². The third-order valence-corrected chi connectivity index (χ3v) is 7.67. The van der Waals surface area contributed by atoms with E-state index in [2.05, 4.69) is 30.1 Å². The van der Waals surface area contributed by atoms with Gasteiger partial charge in [0.1, 0.15) is 5.75 Å². The van der Waals surface area contributed by atoms with Gasteiger partial charge in [-0.05, 0) is 81.2 Å². The summed E-state index contributed by atoms with van der Waals surface area (Å²) in [6, 6.07) is 22.1. The number of ether oxygens (including phenoxy) is 1. The van der Waals surface area contributed by atoms with Gasteiger partial charge in [0, 0.05) is 22.7 Å². The van der Waals surface area contributed by atoms with Crippen molar-refractivity contribution in [2.75, 3.05) is 25.0 Å². The molecular formula is C30H30ClF3N2O4. The van der Waals surface area contributed by atoms with Crippen molar-refractivity contribution in [3.63, 3.8) is 0 Å². The fourth-order valence-corrected chi connectivity index (χ4v) is 5.30. The maximum absolute atomic E-state index is 13.0. The number of rotatable bonds is 4. The topological polar surface area (TPSA) is 78.9 Å². The molecular weight excluding hydrogens is 545 g/mol. The van der Waals surface area contributed by atoms with E-state index in [1.807, 2.05) is 54.6 Å². The van der Waals surface area contributed by atoms with Gasteiger partial charge in [-0.3, -0.25) is 4.79 Å². The fraction of sp³-hybridized carbons (Fsp3) is 0.333. The molecule has 0 aromatic heterocycles. The van der Waals surface area contributed by atoms with Crippen molar-refractivity contribution < 1.29 is 32.6 Å². The molecule has 0 radical (unpaired) electrons. The number of carboxylic acid groups (broad SMARTS) is 1. The molecule has 212 valence electrons. The van der Waals surface area contributed by atoms with Crippen LogP contribution in [0.25, 0.3) is 11.1 Å². The summed E-state index contributed by atoms with van der Waals surface area (Å²) in [4.78, 5) is 24.5. The number of alkyl halides is 3. The van der Waals surface area contributed by atoms with E-state index < -0.39 is 12.1 Å². The Bertz CT molecular complexity index is 1370. The van der Waals surface area contributed by atoms with Crippen LogP contribution in [0.4, 0.5) is 18.9 Å². The summed E-state index contributed by atoms with van der Waals surface area (Å²) in [7, 11) is 0. The summed E-state index contributed by atoms with van der Waals surface area (Å²) in [6.07, 6.45) is -2.94. The Labute approximate surface area is 235 Å². The van der Waals surface area contributed by atoms with Gasteiger partial charge in [0.05, 0.1) is 17.2 Å². The lowest BCUT2D eigenvalue weighted by Crippen LogP contribution is -2.46. The van der Waals surface area contributed by atoms with Crippen LogP contribution in [0, 0.1) is 0 Å². The quantitative estimate of drug-likeness (QED) is 0.350. The molecule has 3 aromatic carbocycles. The predicted molar refractivity (Wildman–Crippen MR) is 148 cm³/mol. The molecule has 2 aliphatic heterocycles. The minimum absolute atomic E-state index is 0.0381. The molecule has 0 atom stereocenters. The van der Waals surface area contributed by atoms with E-state index in [4.69, 9.17) is 26.2 Å².